The molecule has 1 aromatic rings. The normalized spacial score (nSPS) is 16.2. The van der Waals surface area contributed by atoms with Crippen LogP contribution in [0, 0.1) is 0 Å². The van der Waals surface area contributed by atoms with Gasteiger partial charge < -0.3 is 5.32 Å². The Morgan fingerprint density at radius 3 is 2.77 bits per heavy atom. The third kappa shape index (κ3) is 2.60. The molecule has 0 heterocycles. The first-order valence-electron chi connectivity index (χ1n) is 4.43. The van der Waals surface area contributed by atoms with Crippen molar-refractivity contribution in [2.75, 3.05) is 0 Å². The molecule has 0 unspecified atom stereocenters. The zero-order valence-electron chi connectivity index (χ0n) is 7.19. The monoisotopic (exact) mass is 215 g/mol. The van der Waals surface area contributed by atoms with E-state index in [0.717, 1.165) is 22.2 Å². The fraction of sp³-hybridized carbons (Fsp3) is 0.400. The number of hydrogen-bond acceptors (Lipinski definition) is 1. The lowest BCUT2D eigenvalue weighted by molar-refractivity contribution is 0.688. The van der Waals surface area contributed by atoms with Crippen molar-refractivity contribution in [3.05, 3.63) is 33.8 Å². The molecule has 1 aliphatic rings. The van der Waals surface area contributed by atoms with Gasteiger partial charge in [0.15, 0.2) is 0 Å². The second kappa shape index (κ2) is 3.87. The minimum absolute atomic E-state index is 0.704. The molecule has 1 aromatic carbocycles. The van der Waals surface area contributed by atoms with Crippen LogP contribution in [0.5, 0.6) is 0 Å². The number of nitrogens with one attached hydrogen (secondary N) is 1. The molecule has 0 saturated heterocycles. The van der Waals surface area contributed by atoms with E-state index in [1.54, 1.807) is 0 Å². The molecule has 70 valence electrons. The summed E-state index contributed by atoms with van der Waals surface area (Å²) in [5.74, 6) is 0. The van der Waals surface area contributed by atoms with E-state index in [9.17, 15) is 0 Å². The van der Waals surface area contributed by atoms with E-state index in [4.69, 9.17) is 23.2 Å². The van der Waals surface area contributed by atoms with Crippen LogP contribution in [0.25, 0.3) is 0 Å². The van der Waals surface area contributed by atoms with Crippen LogP contribution in [-0.2, 0) is 6.54 Å². The Labute approximate surface area is 88.0 Å². The van der Waals surface area contributed by atoms with Gasteiger partial charge in [-0.15, -0.1) is 0 Å². The van der Waals surface area contributed by atoms with Crippen molar-refractivity contribution >= 4 is 23.2 Å². The lowest BCUT2D eigenvalue weighted by atomic mass is 10.2. The average Bonchev–Trinajstić information content (AvgIpc) is 2.90. The Balaban J connectivity index is 2.03. The second-order valence-electron chi connectivity index (χ2n) is 3.39. The van der Waals surface area contributed by atoms with Crippen LogP contribution in [0.15, 0.2) is 18.2 Å². The number of rotatable bonds is 3. The summed E-state index contributed by atoms with van der Waals surface area (Å²) in [5, 5.41) is 4.93. The summed E-state index contributed by atoms with van der Waals surface area (Å²) in [5.41, 5.74) is 1.08. The second-order valence-corrected chi connectivity index (χ2v) is 4.23. The molecule has 3 heteroatoms. The van der Waals surface area contributed by atoms with Crippen molar-refractivity contribution in [3.63, 3.8) is 0 Å². The lowest BCUT2D eigenvalue weighted by Crippen LogP contribution is -2.15. The molecular weight excluding hydrogens is 205 g/mol. The number of benzene rings is 1. The molecule has 2 rings (SSSR count). The summed E-state index contributed by atoms with van der Waals surface area (Å²) in [6, 6.07) is 6.27. The van der Waals surface area contributed by atoms with Crippen molar-refractivity contribution in [1.29, 1.82) is 0 Å². The Hall–Kier alpha value is -0.240. The molecular formula is C10H11Cl2N. The smallest absolute Gasteiger partial charge is 0.0451 e. The molecule has 0 aromatic heterocycles. The molecule has 1 N–H and O–H groups in total. The number of hydrogen-bond donors (Lipinski definition) is 1. The zero-order valence-corrected chi connectivity index (χ0v) is 8.70. The molecule has 0 radical (unpaired) electrons. The fourth-order valence-electron chi connectivity index (χ4n) is 1.22. The molecule has 1 nitrogen and oxygen atoms in total. The molecule has 1 aliphatic carbocycles. The summed E-state index contributed by atoms with van der Waals surface area (Å²) in [7, 11) is 0. The average molecular weight is 216 g/mol. The van der Waals surface area contributed by atoms with E-state index in [-0.39, 0.29) is 0 Å². The van der Waals surface area contributed by atoms with Gasteiger partial charge in [0, 0.05) is 22.6 Å². The van der Waals surface area contributed by atoms with Crippen molar-refractivity contribution in [2.45, 2.75) is 25.4 Å². The van der Waals surface area contributed by atoms with E-state index in [0.29, 0.717) is 6.04 Å². The molecule has 0 aliphatic heterocycles. The van der Waals surface area contributed by atoms with Gasteiger partial charge in [-0.05, 0) is 36.6 Å². The van der Waals surface area contributed by atoms with Crippen molar-refractivity contribution in [1.82, 2.24) is 5.32 Å². The quantitative estimate of drug-likeness (QED) is 0.817. The van der Waals surface area contributed by atoms with Crippen LogP contribution in [0.4, 0.5) is 0 Å². The Morgan fingerprint density at radius 1 is 1.31 bits per heavy atom. The van der Waals surface area contributed by atoms with E-state index >= 15 is 0 Å². The minimum Gasteiger partial charge on any atom is -0.310 e. The number of halogens is 2. The first-order valence-corrected chi connectivity index (χ1v) is 5.18. The molecule has 0 atom stereocenters. The van der Waals surface area contributed by atoms with E-state index in [1.165, 1.54) is 12.8 Å². The summed E-state index contributed by atoms with van der Waals surface area (Å²) in [4.78, 5) is 0. The van der Waals surface area contributed by atoms with Gasteiger partial charge in [0.2, 0.25) is 0 Å². The Bertz CT molecular complexity index is 308. The van der Waals surface area contributed by atoms with Crippen LogP contribution < -0.4 is 5.32 Å². The minimum atomic E-state index is 0.704. The largest absolute Gasteiger partial charge is 0.310 e. The first-order chi connectivity index (χ1) is 6.25. The first kappa shape index (κ1) is 9.32. The Morgan fingerprint density at radius 2 is 2.08 bits per heavy atom. The maximum atomic E-state index is 6.00. The lowest BCUT2D eigenvalue weighted by Gasteiger charge is -2.05. The maximum Gasteiger partial charge on any atom is 0.0451 e. The topological polar surface area (TPSA) is 12.0 Å². The van der Waals surface area contributed by atoms with Crippen LogP contribution in [0.3, 0.4) is 0 Å². The highest BCUT2D eigenvalue weighted by molar-refractivity contribution is 6.33. The fourth-order valence-corrected chi connectivity index (χ4v) is 1.60. The van der Waals surface area contributed by atoms with Gasteiger partial charge in [-0.1, -0.05) is 23.2 Å². The van der Waals surface area contributed by atoms with Gasteiger partial charge in [-0.3, -0.25) is 0 Å². The van der Waals surface area contributed by atoms with Gasteiger partial charge in [-0.2, -0.15) is 0 Å². The van der Waals surface area contributed by atoms with E-state index in [2.05, 4.69) is 5.32 Å². The van der Waals surface area contributed by atoms with Crippen molar-refractivity contribution in [2.24, 2.45) is 0 Å². The summed E-state index contributed by atoms with van der Waals surface area (Å²) >= 11 is 11.9. The highest BCUT2D eigenvalue weighted by atomic mass is 35.5. The van der Waals surface area contributed by atoms with Crippen LogP contribution in [0.2, 0.25) is 10.0 Å². The van der Waals surface area contributed by atoms with Gasteiger partial charge in [0.05, 0.1) is 0 Å². The summed E-state index contributed by atoms with van der Waals surface area (Å²) in [6.45, 7) is 0.823. The van der Waals surface area contributed by atoms with Gasteiger partial charge in [0.25, 0.3) is 0 Å². The molecule has 1 fully saturated rings. The van der Waals surface area contributed by atoms with Crippen LogP contribution >= 0.6 is 23.2 Å². The predicted molar refractivity (Wildman–Crippen MR) is 56.3 cm³/mol. The molecule has 0 spiro atoms. The predicted octanol–water partition coefficient (Wildman–Crippen LogP) is 3.25. The highest BCUT2D eigenvalue weighted by Gasteiger charge is 2.20. The highest BCUT2D eigenvalue weighted by Crippen LogP contribution is 2.23. The van der Waals surface area contributed by atoms with Crippen LogP contribution in [0.1, 0.15) is 18.4 Å². The summed E-state index contributed by atoms with van der Waals surface area (Å²) < 4.78 is 0. The SMILES string of the molecule is Clc1ccc(Cl)c(CNC2CC2)c1. The van der Waals surface area contributed by atoms with Gasteiger partial charge in [0.1, 0.15) is 0 Å². The third-order valence-electron chi connectivity index (χ3n) is 2.17. The van der Waals surface area contributed by atoms with Gasteiger partial charge in [-0.25, -0.2) is 0 Å². The Kier molecular flexibility index (Phi) is 2.77. The van der Waals surface area contributed by atoms with E-state index < -0.39 is 0 Å². The van der Waals surface area contributed by atoms with Crippen LogP contribution in [-0.4, -0.2) is 6.04 Å². The van der Waals surface area contributed by atoms with Gasteiger partial charge >= 0.3 is 0 Å². The third-order valence-corrected chi connectivity index (χ3v) is 2.77. The van der Waals surface area contributed by atoms with Crippen molar-refractivity contribution < 1.29 is 0 Å². The summed E-state index contributed by atoms with van der Waals surface area (Å²) in [6.07, 6.45) is 2.58. The zero-order chi connectivity index (χ0) is 9.26. The standard InChI is InChI=1S/C10H11Cl2N/c11-8-1-4-10(12)7(5-8)6-13-9-2-3-9/h1,4-5,9,13H,2-3,6H2. The molecule has 13 heavy (non-hydrogen) atoms. The van der Waals surface area contributed by atoms with Crippen molar-refractivity contribution in [3.8, 4) is 0 Å². The molecule has 1 saturated carbocycles. The molecule has 0 amide bonds. The maximum absolute atomic E-state index is 6.00. The van der Waals surface area contributed by atoms with E-state index in [1.807, 2.05) is 18.2 Å². The molecule has 0 bridgehead atoms.